The third-order valence-electron chi connectivity index (χ3n) is 5.26. The number of methoxy groups -OCH3 is 2. The summed E-state index contributed by atoms with van der Waals surface area (Å²) in [7, 11) is 3.06. The maximum absolute atomic E-state index is 13.7. The number of allylic oxidation sites excluding steroid dienone is 4. The van der Waals surface area contributed by atoms with Gasteiger partial charge in [0.2, 0.25) is 0 Å². The second-order valence-electron chi connectivity index (χ2n) is 7.74. The van der Waals surface area contributed by atoms with E-state index in [0.717, 1.165) is 5.57 Å². The first-order valence-electron chi connectivity index (χ1n) is 10.0. The van der Waals surface area contributed by atoms with Crippen molar-refractivity contribution < 1.29 is 28.3 Å². The fourth-order valence-electron chi connectivity index (χ4n) is 3.80. The quantitative estimate of drug-likeness (QED) is 0.429. The van der Waals surface area contributed by atoms with E-state index in [1.807, 2.05) is 19.9 Å². The molecule has 1 aromatic heterocycles. The zero-order valence-electron chi connectivity index (χ0n) is 18.2. The van der Waals surface area contributed by atoms with Gasteiger partial charge in [0.1, 0.15) is 6.26 Å². The summed E-state index contributed by atoms with van der Waals surface area (Å²) >= 11 is 0. The SMILES string of the molecule is COCc1ccc(COC)c2c1C(=O)C=C(C(CC=C(C)C)C(=O)c1ccoc1)C2=O. The lowest BCUT2D eigenvalue weighted by atomic mass is 9.76. The lowest BCUT2D eigenvalue weighted by Crippen LogP contribution is -2.29. The number of carbonyl (C=O) groups excluding carboxylic acids is 3. The molecule has 0 spiro atoms. The average molecular weight is 422 g/mol. The highest BCUT2D eigenvalue weighted by Gasteiger charge is 2.36. The van der Waals surface area contributed by atoms with Crippen molar-refractivity contribution >= 4 is 17.3 Å². The Balaban J connectivity index is 2.14. The number of benzene rings is 1. The highest BCUT2D eigenvalue weighted by atomic mass is 16.5. The van der Waals surface area contributed by atoms with Crippen LogP contribution < -0.4 is 0 Å². The summed E-state index contributed by atoms with van der Waals surface area (Å²) in [6.45, 7) is 4.22. The number of carbonyl (C=O) groups is 3. The lowest BCUT2D eigenvalue weighted by Gasteiger charge is -2.24. The molecule has 0 aliphatic heterocycles. The fourth-order valence-corrected chi connectivity index (χ4v) is 3.80. The van der Waals surface area contributed by atoms with E-state index in [-0.39, 0.29) is 36.1 Å². The molecular weight excluding hydrogens is 396 g/mol. The molecule has 1 aliphatic carbocycles. The van der Waals surface area contributed by atoms with Crippen LogP contribution in [0.25, 0.3) is 0 Å². The molecule has 0 radical (unpaired) electrons. The fraction of sp³-hybridized carbons (Fsp3) is 0.320. The Morgan fingerprint density at radius 3 is 2.23 bits per heavy atom. The molecule has 1 aliphatic rings. The summed E-state index contributed by atoms with van der Waals surface area (Å²) in [4.78, 5) is 40.1. The third-order valence-corrected chi connectivity index (χ3v) is 5.26. The molecular formula is C25H26O6. The Morgan fingerprint density at radius 2 is 1.68 bits per heavy atom. The van der Waals surface area contributed by atoms with E-state index in [9.17, 15) is 14.4 Å². The standard InChI is InChI=1S/C25H26O6/c1-15(2)5-8-19(24(27)18-9-10-31-14-18)20-11-21(26)22-16(12-29-3)6-7-17(13-30-4)23(22)25(20)28/h5-7,9-11,14,19H,8,12-13H2,1-4H3. The molecule has 162 valence electrons. The molecule has 0 N–H and O–H groups in total. The van der Waals surface area contributed by atoms with Crippen molar-refractivity contribution in [1.82, 2.24) is 0 Å². The number of hydrogen-bond acceptors (Lipinski definition) is 6. The van der Waals surface area contributed by atoms with Gasteiger partial charge >= 0.3 is 0 Å². The number of furan rings is 1. The minimum Gasteiger partial charge on any atom is -0.472 e. The molecule has 0 saturated carbocycles. The van der Waals surface area contributed by atoms with Crippen LogP contribution in [0.3, 0.4) is 0 Å². The minimum absolute atomic E-state index is 0.177. The summed E-state index contributed by atoms with van der Waals surface area (Å²) in [6.07, 6.45) is 6.28. The lowest BCUT2D eigenvalue weighted by molar-refractivity contribution is 0.0897. The van der Waals surface area contributed by atoms with Gasteiger partial charge < -0.3 is 13.9 Å². The predicted molar refractivity (Wildman–Crippen MR) is 115 cm³/mol. The number of fused-ring (bicyclic) bond motifs is 1. The molecule has 0 fully saturated rings. The van der Waals surface area contributed by atoms with Crippen molar-refractivity contribution in [3.63, 3.8) is 0 Å². The first kappa shape index (κ1) is 22.6. The van der Waals surface area contributed by atoms with E-state index in [4.69, 9.17) is 13.9 Å². The van der Waals surface area contributed by atoms with Gasteiger partial charge in [-0.2, -0.15) is 0 Å². The van der Waals surface area contributed by atoms with Crippen LogP contribution in [0.2, 0.25) is 0 Å². The summed E-state index contributed by atoms with van der Waals surface area (Å²) < 4.78 is 15.5. The van der Waals surface area contributed by atoms with Gasteiger partial charge in [0.05, 0.1) is 31.0 Å². The van der Waals surface area contributed by atoms with Crippen LogP contribution >= 0.6 is 0 Å². The Hall–Kier alpha value is -3.09. The molecule has 0 amide bonds. The van der Waals surface area contributed by atoms with Crippen molar-refractivity contribution in [3.05, 3.63) is 81.8 Å². The van der Waals surface area contributed by atoms with Crippen molar-refractivity contribution in [1.29, 1.82) is 0 Å². The number of Topliss-reactive ketones (excluding diaryl/α,β-unsaturated/α-hetero) is 2. The summed E-state index contributed by atoms with van der Waals surface area (Å²) in [5.41, 5.74) is 3.43. The Labute approximate surface area is 181 Å². The number of ketones is 3. The van der Waals surface area contributed by atoms with Crippen LogP contribution in [0.4, 0.5) is 0 Å². The van der Waals surface area contributed by atoms with Crippen LogP contribution in [0.1, 0.15) is 62.5 Å². The Morgan fingerprint density at radius 1 is 1.03 bits per heavy atom. The van der Waals surface area contributed by atoms with E-state index in [1.165, 1.54) is 32.8 Å². The monoisotopic (exact) mass is 422 g/mol. The summed E-state index contributed by atoms with van der Waals surface area (Å²) in [5, 5.41) is 0. The highest BCUT2D eigenvalue weighted by molar-refractivity contribution is 6.27. The largest absolute Gasteiger partial charge is 0.472 e. The van der Waals surface area contributed by atoms with Crippen molar-refractivity contribution in [2.75, 3.05) is 14.2 Å². The topological polar surface area (TPSA) is 82.8 Å². The van der Waals surface area contributed by atoms with Gasteiger partial charge in [-0.05, 0) is 43.5 Å². The number of hydrogen-bond donors (Lipinski definition) is 0. The van der Waals surface area contributed by atoms with Crippen molar-refractivity contribution in [2.45, 2.75) is 33.5 Å². The van der Waals surface area contributed by atoms with Gasteiger partial charge in [-0.15, -0.1) is 0 Å². The van der Waals surface area contributed by atoms with E-state index < -0.39 is 5.92 Å². The highest BCUT2D eigenvalue weighted by Crippen LogP contribution is 2.34. The molecule has 0 bridgehead atoms. The van der Waals surface area contributed by atoms with Crippen LogP contribution in [0, 0.1) is 5.92 Å². The van der Waals surface area contributed by atoms with Crippen molar-refractivity contribution in [3.8, 4) is 0 Å². The third kappa shape index (κ3) is 4.65. The Kier molecular flexibility index (Phi) is 7.15. The maximum Gasteiger partial charge on any atom is 0.191 e. The van der Waals surface area contributed by atoms with Gasteiger partial charge in [-0.25, -0.2) is 0 Å². The predicted octanol–water partition coefficient (Wildman–Crippen LogP) is 4.73. The molecule has 1 unspecified atom stereocenters. The van der Waals surface area contributed by atoms with Crippen molar-refractivity contribution in [2.24, 2.45) is 5.92 Å². The second kappa shape index (κ2) is 9.81. The van der Waals surface area contributed by atoms with Crippen LogP contribution in [0.5, 0.6) is 0 Å². The first-order chi connectivity index (χ1) is 14.9. The zero-order chi connectivity index (χ0) is 22.5. The summed E-state index contributed by atoms with van der Waals surface area (Å²) in [5.74, 6) is -1.69. The first-order valence-corrected chi connectivity index (χ1v) is 10.0. The Bertz CT molecular complexity index is 1050. The minimum atomic E-state index is -0.793. The normalized spacial score (nSPS) is 14.1. The van der Waals surface area contributed by atoms with Crippen LogP contribution in [-0.2, 0) is 22.7 Å². The van der Waals surface area contributed by atoms with Gasteiger partial charge in [0.25, 0.3) is 0 Å². The molecule has 6 heteroatoms. The molecule has 2 aromatic rings. The number of rotatable bonds is 9. The molecule has 6 nitrogen and oxygen atoms in total. The molecule has 0 saturated heterocycles. The van der Waals surface area contributed by atoms with E-state index >= 15 is 0 Å². The average Bonchev–Trinajstić information content (AvgIpc) is 3.27. The van der Waals surface area contributed by atoms with Gasteiger partial charge in [-0.3, -0.25) is 14.4 Å². The van der Waals surface area contributed by atoms with Gasteiger partial charge in [-0.1, -0.05) is 23.8 Å². The van der Waals surface area contributed by atoms with Crippen LogP contribution in [-0.4, -0.2) is 31.6 Å². The van der Waals surface area contributed by atoms with Crippen LogP contribution in [0.15, 0.2) is 58.4 Å². The van der Waals surface area contributed by atoms with Gasteiger partial charge in [0, 0.05) is 30.9 Å². The second-order valence-corrected chi connectivity index (χ2v) is 7.74. The molecule has 3 rings (SSSR count). The van der Waals surface area contributed by atoms with E-state index in [2.05, 4.69) is 0 Å². The number of ether oxygens (including phenoxy) is 2. The maximum atomic E-state index is 13.7. The van der Waals surface area contributed by atoms with Gasteiger partial charge in [0.15, 0.2) is 17.3 Å². The smallest absolute Gasteiger partial charge is 0.191 e. The molecule has 1 atom stereocenters. The zero-order valence-corrected chi connectivity index (χ0v) is 18.2. The summed E-state index contributed by atoms with van der Waals surface area (Å²) in [6, 6.07) is 5.11. The van der Waals surface area contributed by atoms with E-state index in [0.29, 0.717) is 34.2 Å². The van der Waals surface area contributed by atoms with E-state index in [1.54, 1.807) is 18.2 Å². The molecule has 1 heterocycles. The molecule has 31 heavy (non-hydrogen) atoms. The molecule has 1 aromatic carbocycles.